The quantitative estimate of drug-likeness (QED) is 0.270. The first-order valence-electron chi connectivity index (χ1n) is 14.4. The highest BCUT2D eigenvalue weighted by Gasteiger charge is 2.37. The summed E-state index contributed by atoms with van der Waals surface area (Å²) in [5.74, 6) is 0.986. The van der Waals surface area contributed by atoms with Gasteiger partial charge in [0, 0.05) is 24.6 Å². The number of halogens is 1. The zero-order valence-electron chi connectivity index (χ0n) is 25.4. The standard InChI is InChI=1S/C32H39BrN6O3/c1-19-15-20(2)22(4)27(16-19)42-31-29(23(5)35-37(31)7)30(40)38-13-8-11-32(41,12-14-38)28-18-39(36-34-28)24(6)25-9-10-26(33)21(3)17-25/h9-10,15-18,24,41H,8,11-14H2,1-7H3/t24-,32?/m1/s1. The number of carbonyl (C=O) groups excluding carboxylic acids is 1. The van der Waals surface area contributed by atoms with Crippen molar-refractivity contribution in [1.29, 1.82) is 0 Å². The number of rotatable bonds is 6. The van der Waals surface area contributed by atoms with Crippen molar-refractivity contribution in [1.82, 2.24) is 29.7 Å². The molecule has 9 nitrogen and oxygen atoms in total. The van der Waals surface area contributed by atoms with Crippen molar-refractivity contribution in [3.05, 3.63) is 85.8 Å². The fourth-order valence-electron chi connectivity index (χ4n) is 5.71. The van der Waals surface area contributed by atoms with Crippen LogP contribution in [0.2, 0.25) is 0 Å². The number of nitrogens with zero attached hydrogens (tertiary/aromatic N) is 6. The predicted octanol–water partition coefficient (Wildman–Crippen LogP) is 6.23. The molecule has 1 N–H and O–H groups in total. The summed E-state index contributed by atoms with van der Waals surface area (Å²) in [5.41, 5.74) is 5.91. The van der Waals surface area contributed by atoms with E-state index in [-0.39, 0.29) is 11.9 Å². The van der Waals surface area contributed by atoms with Crippen molar-refractivity contribution in [2.75, 3.05) is 13.1 Å². The molecule has 1 unspecified atom stereocenters. The summed E-state index contributed by atoms with van der Waals surface area (Å²) in [5, 5.41) is 25.0. The van der Waals surface area contributed by atoms with Crippen LogP contribution in [-0.4, -0.2) is 53.8 Å². The van der Waals surface area contributed by atoms with E-state index >= 15 is 0 Å². The second-order valence-electron chi connectivity index (χ2n) is 11.6. The minimum Gasteiger partial charge on any atom is -0.438 e. The predicted molar refractivity (Wildman–Crippen MR) is 165 cm³/mol. The molecule has 1 saturated heterocycles. The number of aryl methyl sites for hydroxylation is 5. The molecule has 5 rings (SSSR count). The topological polar surface area (TPSA) is 98.3 Å². The van der Waals surface area contributed by atoms with E-state index in [1.807, 2.05) is 39.1 Å². The lowest BCUT2D eigenvalue weighted by molar-refractivity contribution is 0.0169. The van der Waals surface area contributed by atoms with E-state index in [1.165, 1.54) is 0 Å². The van der Waals surface area contributed by atoms with Crippen LogP contribution in [0.25, 0.3) is 0 Å². The highest BCUT2D eigenvalue weighted by molar-refractivity contribution is 9.10. The first kappa shape index (κ1) is 30.0. The van der Waals surface area contributed by atoms with Crippen molar-refractivity contribution in [2.45, 2.75) is 72.4 Å². The highest BCUT2D eigenvalue weighted by Crippen LogP contribution is 2.36. The third kappa shape index (κ3) is 5.74. The molecule has 1 fully saturated rings. The fraction of sp³-hybridized carbons (Fsp3) is 0.438. The molecule has 3 heterocycles. The molecule has 4 aromatic rings. The molecule has 0 saturated carbocycles. The van der Waals surface area contributed by atoms with Gasteiger partial charge in [0.1, 0.15) is 22.6 Å². The molecule has 2 aromatic carbocycles. The first-order chi connectivity index (χ1) is 19.9. The third-order valence-electron chi connectivity index (χ3n) is 8.50. The van der Waals surface area contributed by atoms with E-state index in [9.17, 15) is 9.90 Å². The summed E-state index contributed by atoms with van der Waals surface area (Å²) < 4.78 is 10.8. The lowest BCUT2D eigenvalue weighted by Crippen LogP contribution is -2.34. The molecule has 0 aliphatic carbocycles. The number of hydrogen-bond acceptors (Lipinski definition) is 6. The van der Waals surface area contributed by atoms with Crippen molar-refractivity contribution in [2.24, 2.45) is 7.05 Å². The summed E-state index contributed by atoms with van der Waals surface area (Å²) in [6.07, 6.45) is 3.30. The number of hydrogen-bond donors (Lipinski definition) is 1. The lowest BCUT2D eigenvalue weighted by atomic mass is 9.92. The SMILES string of the molecule is Cc1cc(C)c(C)c(Oc2c(C(=O)N3CCCC(O)(c4cn([C@H](C)c5ccc(Br)c(C)c5)nn4)CC3)c(C)nn2C)c1. The van der Waals surface area contributed by atoms with Gasteiger partial charge in [0.2, 0.25) is 5.88 Å². The van der Waals surface area contributed by atoms with Gasteiger partial charge in [-0.2, -0.15) is 5.10 Å². The van der Waals surface area contributed by atoms with Gasteiger partial charge in [-0.15, -0.1) is 5.10 Å². The Balaban J connectivity index is 1.34. The van der Waals surface area contributed by atoms with E-state index < -0.39 is 5.60 Å². The molecule has 0 radical (unpaired) electrons. The number of ether oxygens (including phenoxy) is 1. The van der Waals surface area contributed by atoms with Crippen LogP contribution < -0.4 is 4.74 Å². The van der Waals surface area contributed by atoms with Gasteiger partial charge in [-0.05, 0) is 101 Å². The van der Waals surface area contributed by atoms with Crippen LogP contribution in [-0.2, 0) is 12.6 Å². The normalized spacial score (nSPS) is 18.2. The highest BCUT2D eigenvalue weighted by atomic mass is 79.9. The van der Waals surface area contributed by atoms with Crippen LogP contribution in [0.4, 0.5) is 0 Å². The van der Waals surface area contributed by atoms with E-state index in [2.05, 4.69) is 70.3 Å². The number of aliphatic hydroxyl groups is 1. The second kappa shape index (κ2) is 11.6. The molecule has 0 bridgehead atoms. The van der Waals surface area contributed by atoms with Gasteiger partial charge < -0.3 is 14.7 Å². The van der Waals surface area contributed by atoms with Crippen molar-refractivity contribution >= 4 is 21.8 Å². The number of carbonyl (C=O) groups is 1. The minimum atomic E-state index is -1.18. The van der Waals surface area contributed by atoms with Gasteiger partial charge in [0.05, 0.1) is 17.9 Å². The van der Waals surface area contributed by atoms with Gasteiger partial charge in [-0.25, -0.2) is 9.36 Å². The van der Waals surface area contributed by atoms with Crippen LogP contribution in [0, 0.1) is 34.6 Å². The number of aromatic nitrogens is 5. The monoisotopic (exact) mass is 634 g/mol. The molecule has 2 atom stereocenters. The van der Waals surface area contributed by atoms with E-state index in [4.69, 9.17) is 4.74 Å². The molecular weight excluding hydrogens is 596 g/mol. The van der Waals surface area contributed by atoms with Crippen LogP contribution in [0.5, 0.6) is 11.6 Å². The molecule has 2 aromatic heterocycles. The maximum Gasteiger partial charge on any atom is 0.261 e. The minimum absolute atomic E-state index is 0.0432. The van der Waals surface area contributed by atoms with Crippen molar-refractivity contribution < 1.29 is 14.6 Å². The average Bonchev–Trinajstić information content (AvgIpc) is 3.48. The maximum absolute atomic E-state index is 13.9. The lowest BCUT2D eigenvalue weighted by Gasteiger charge is -2.25. The van der Waals surface area contributed by atoms with Crippen LogP contribution >= 0.6 is 15.9 Å². The molecule has 10 heteroatoms. The Morgan fingerprint density at radius 2 is 1.83 bits per heavy atom. The van der Waals surface area contributed by atoms with E-state index in [1.54, 1.807) is 21.3 Å². The zero-order valence-corrected chi connectivity index (χ0v) is 27.0. The molecule has 1 aliphatic heterocycles. The number of benzene rings is 2. The summed E-state index contributed by atoms with van der Waals surface area (Å²) in [6.45, 7) is 12.9. The zero-order chi connectivity index (χ0) is 30.3. The van der Waals surface area contributed by atoms with Gasteiger partial charge >= 0.3 is 0 Å². The Bertz CT molecular complexity index is 1640. The Kier molecular flexibility index (Phi) is 8.31. The molecule has 222 valence electrons. The maximum atomic E-state index is 13.9. The molecule has 1 aliphatic rings. The summed E-state index contributed by atoms with van der Waals surface area (Å²) in [7, 11) is 1.79. The van der Waals surface area contributed by atoms with Crippen LogP contribution in [0.15, 0.2) is 41.0 Å². The Hall–Kier alpha value is -3.50. The average molecular weight is 636 g/mol. The van der Waals surface area contributed by atoms with E-state index in [0.29, 0.717) is 60.9 Å². The van der Waals surface area contributed by atoms with Crippen molar-refractivity contribution in [3.8, 4) is 11.6 Å². The van der Waals surface area contributed by atoms with E-state index in [0.717, 1.165) is 32.3 Å². The number of likely N-dealkylation sites (tertiary alicyclic amines) is 1. The van der Waals surface area contributed by atoms with Crippen LogP contribution in [0.1, 0.15) is 81.8 Å². The Labute approximate surface area is 255 Å². The third-order valence-corrected chi connectivity index (χ3v) is 9.39. The Morgan fingerprint density at radius 3 is 2.57 bits per heavy atom. The van der Waals surface area contributed by atoms with Gasteiger partial charge in [-0.3, -0.25) is 4.79 Å². The van der Waals surface area contributed by atoms with Crippen molar-refractivity contribution in [3.63, 3.8) is 0 Å². The van der Waals surface area contributed by atoms with Crippen LogP contribution in [0.3, 0.4) is 0 Å². The summed E-state index contributed by atoms with van der Waals surface area (Å²) >= 11 is 3.56. The van der Waals surface area contributed by atoms with Gasteiger partial charge in [0.15, 0.2) is 0 Å². The summed E-state index contributed by atoms with van der Waals surface area (Å²) in [4.78, 5) is 15.7. The van der Waals surface area contributed by atoms with Gasteiger partial charge in [0.25, 0.3) is 5.91 Å². The number of amides is 1. The second-order valence-corrected chi connectivity index (χ2v) is 12.5. The molecular formula is C32H39BrN6O3. The first-order valence-corrected chi connectivity index (χ1v) is 15.2. The molecule has 0 spiro atoms. The fourth-order valence-corrected chi connectivity index (χ4v) is 5.95. The largest absolute Gasteiger partial charge is 0.438 e. The Morgan fingerprint density at radius 1 is 1.07 bits per heavy atom. The molecule has 1 amide bonds. The smallest absolute Gasteiger partial charge is 0.261 e. The summed E-state index contributed by atoms with van der Waals surface area (Å²) in [6, 6.07) is 10.3. The van der Waals surface area contributed by atoms with Gasteiger partial charge in [-0.1, -0.05) is 39.3 Å². The molecule has 42 heavy (non-hydrogen) atoms.